The summed E-state index contributed by atoms with van der Waals surface area (Å²) in [5.74, 6) is 0.114. The summed E-state index contributed by atoms with van der Waals surface area (Å²) >= 11 is 2.37. The summed E-state index contributed by atoms with van der Waals surface area (Å²) in [6.07, 6.45) is 1.41. The van der Waals surface area contributed by atoms with E-state index in [4.69, 9.17) is 0 Å². The van der Waals surface area contributed by atoms with Crippen molar-refractivity contribution in [1.82, 2.24) is 5.32 Å². The van der Waals surface area contributed by atoms with E-state index in [1.165, 1.54) is 19.9 Å². The predicted molar refractivity (Wildman–Crippen MR) is 88.3 cm³/mol. The second-order valence-electron chi connectivity index (χ2n) is 4.77. The van der Waals surface area contributed by atoms with Gasteiger partial charge in [0.15, 0.2) is 0 Å². The molecule has 2 nitrogen and oxygen atoms in total. The van der Waals surface area contributed by atoms with Gasteiger partial charge >= 0.3 is 0 Å². The number of halogens is 1. The molecule has 2 aromatic carbocycles. The number of fused-ring (bicyclic) bond motifs is 1. The Morgan fingerprint density at radius 2 is 2.00 bits per heavy atom. The molecule has 0 bridgehead atoms. The van der Waals surface area contributed by atoms with Crippen LogP contribution in [0.4, 0.5) is 0 Å². The molecule has 0 aliphatic rings. The van der Waals surface area contributed by atoms with Crippen molar-refractivity contribution in [3.63, 3.8) is 0 Å². The van der Waals surface area contributed by atoms with Gasteiger partial charge in [0.05, 0.1) is 0 Å². The Bertz CT molecular complexity index is 594. The van der Waals surface area contributed by atoms with Crippen molar-refractivity contribution >= 4 is 39.3 Å². The van der Waals surface area contributed by atoms with Crippen LogP contribution in [-0.4, -0.2) is 11.9 Å². The molecule has 1 unspecified atom stereocenters. The van der Waals surface area contributed by atoms with Crippen molar-refractivity contribution in [2.75, 3.05) is 0 Å². The van der Waals surface area contributed by atoms with Gasteiger partial charge in [0.1, 0.15) is 0 Å². The molecule has 3 heteroatoms. The fraction of sp³-hybridized carbons (Fsp3) is 0.312. The largest absolute Gasteiger partial charge is 0.353 e. The molecule has 2 rings (SSSR count). The molecule has 0 aliphatic carbocycles. The fourth-order valence-electron chi connectivity index (χ4n) is 2.25. The van der Waals surface area contributed by atoms with Crippen molar-refractivity contribution in [1.29, 1.82) is 0 Å². The minimum absolute atomic E-state index is 0.114. The third kappa shape index (κ3) is 3.47. The highest BCUT2D eigenvalue weighted by Crippen LogP contribution is 2.25. The normalized spacial score (nSPS) is 12.4. The van der Waals surface area contributed by atoms with Crippen molar-refractivity contribution in [3.05, 3.63) is 45.5 Å². The van der Waals surface area contributed by atoms with Gasteiger partial charge in [0.25, 0.3) is 0 Å². The third-order valence-electron chi connectivity index (χ3n) is 3.22. The van der Waals surface area contributed by atoms with Gasteiger partial charge in [-0.15, -0.1) is 0 Å². The Hall–Kier alpha value is -1.10. The number of rotatable bonds is 4. The number of carbonyl (C=O) groups excluding carboxylic acids is 1. The van der Waals surface area contributed by atoms with Gasteiger partial charge in [0, 0.05) is 16.0 Å². The average molecular weight is 367 g/mol. The molecule has 1 atom stereocenters. The smallest absolute Gasteiger partial charge is 0.219 e. The SMILES string of the molecule is CCC(=O)NC(C)Cc1c(I)ccc2ccccc12. The second-order valence-corrected chi connectivity index (χ2v) is 5.94. The average Bonchev–Trinajstić information content (AvgIpc) is 2.42. The van der Waals surface area contributed by atoms with Crippen LogP contribution in [0.1, 0.15) is 25.8 Å². The predicted octanol–water partition coefficient (Wildman–Crippen LogP) is 3.90. The molecule has 0 spiro atoms. The number of benzene rings is 2. The minimum Gasteiger partial charge on any atom is -0.353 e. The van der Waals surface area contributed by atoms with Crippen LogP contribution >= 0.6 is 22.6 Å². The van der Waals surface area contributed by atoms with E-state index in [1.54, 1.807) is 0 Å². The van der Waals surface area contributed by atoms with E-state index in [0.717, 1.165) is 6.42 Å². The highest BCUT2D eigenvalue weighted by Gasteiger charge is 2.11. The van der Waals surface area contributed by atoms with Crippen molar-refractivity contribution in [2.45, 2.75) is 32.7 Å². The summed E-state index contributed by atoms with van der Waals surface area (Å²) in [6.45, 7) is 3.94. The van der Waals surface area contributed by atoms with Crippen molar-refractivity contribution in [2.24, 2.45) is 0 Å². The summed E-state index contributed by atoms with van der Waals surface area (Å²) in [5.41, 5.74) is 1.32. The number of hydrogen-bond donors (Lipinski definition) is 1. The molecule has 0 fully saturated rings. The fourth-order valence-corrected chi connectivity index (χ4v) is 2.94. The summed E-state index contributed by atoms with van der Waals surface area (Å²) < 4.78 is 1.26. The highest BCUT2D eigenvalue weighted by atomic mass is 127. The molecule has 0 aromatic heterocycles. The number of amides is 1. The van der Waals surface area contributed by atoms with Crippen LogP contribution in [0.2, 0.25) is 0 Å². The van der Waals surface area contributed by atoms with E-state index < -0.39 is 0 Å². The minimum atomic E-state index is 0.114. The quantitative estimate of drug-likeness (QED) is 0.816. The molecule has 0 radical (unpaired) electrons. The monoisotopic (exact) mass is 367 g/mol. The summed E-state index contributed by atoms with van der Waals surface area (Å²) in [4.78, 5) is 11.4. The van der Waals surface area contributed by atoms with Gasteiger partial charge in [-0.25, -0.2) is 0 Å². The molecule has 1 N–H and O–H groups in total. The van der Waals surface area contributed by atoms with Crippen LogP contribution in [0.15, 0.2) is 36.4 Å². The van der Waals surface area contributed by atoms with Gasteiger partial charge in [-0.2, -0.15) is 0 Å². The van der Waals surface area contributed by atoms with Crippen molar-refractivity contribution < 1.29 is 4.79 Å². The van der Waals surface area contributed by atoms with Gasteiger partial charge < -0.3 is 5.32 Å². The first kappa shape index (κ1) is 14.3. The Morgan fingerprint density at radius 1 is 1.26 bits per heavy atom. The van der Waals surface area contributed by atoms with Crippen molar-refractivity contribution in [3.8, 4) is 0 Å². The maximum Gasteiger partial charge on any atom is 0.219 e. The zero-order chi connectivity index (χ0) is 13.8. The molecule has 0 saturated carbocycles. The summed E-state index contributed by atoms with van der Waals surface area (Å²) in [5, 5.41) is 5.57. The molecule has 19 heavy (non-hydrogen) atoms. The lowest BCUT2D eigenvalue weighted by atomic mass is 9.99. The standard InChI is InChI=1S/C16H18INO/c1-3-16(19)18-11(2)10-14-13-7-5-4-6-12(13)8-9-15(14)17/h4-9,11H,3,10H2,1-2H3,(H,18,19). The zero-order valence-corrected chi connectivity index (χ0v) is 13.4. The molecule has 100 valence electrons. The third-order valence-corrected chi connectivity index (χ3v) is 4.23. The molecule has 0 aliphatic heterocycles. The lowest BCUT2D eigenvalue weighted by Crippen LogP contribution is -2.33. The zero-order valence-electron chi connectivity index (χ0n) is 11.2. The first-order chi connectivity index (χ1) is 9.11. The lowest BCUT2D eigenvalue weighted by Gasteiger charge is -2.16. The van der Waals surface area contributed by atoms with Gasteiger partial charge in [-0.3, -0.25) is 4.79 Å². The lowest BCUT2D eigenvalue weighted by molar-refractivity contribution is -0.121. The van der Waals surface area contributed by atoms with E-state index in [9.17, 15) is 4.79 Å². The highest BCUT2D eigenvalue weighted by molar-refractivity contribution is 14.1. The van der Waals surface area contributed by atoms with Crippen LogP contribution in [0.5, 0.6) is 0 Å². The van der Waals surface area contributed by atoms with E-state index >= 15 is 0 Å². The van der Waals surface area contributed by atoms with Gasteiger partial charge in [-0.05, 0) is 58.3 Å². The molecule has 0 heterocycles. The number of carbonyl (C=O) groups is 1. The van der Waals surface area contributed by atoms with E-state index in [-0.39, 0.29) is 11.9 Å². The van der Waals surface area contributed by atoms with Crippen LogP contribution in [0.25, 0.3) is 10.8 Å². The molecule has 2 aromatic rings. The summed E-state index contributed by atoms with van der Waals surface area (Å²) in [6, 6.07) is 12.9. The van der Waals surface area contributed by atoms with Crippen LogP contribution < -0.4 is 5.32 Å². The van der Waals surface area contributed by atoms with E-state index in [2.05, 4.69) is 71.2 Å². The van der Waals surface area contributed by atoms with Crippen LogP contribution in [-0.2, 0) is 11.2 Å². The van der Waals surface area contributed by atoms with Crippen LogP contribution in [0.3, 0.4) is 0 Å². The molecular weight excluding hydrogens is 349 g/mol. The Labute approximate surface area is 127 Å². The molecular formula is C16H18INO. The Balaban J connectivity index is 2.29. The Kier molecular flexibility index (Phi) is 4.80. The number of nitrogens with one attached hydrogen (secondary N) is 1. The topological polar surface area (TPSA) is 29.1 Å². The molecule has 0 saturated heterocycles. The van der Waals surface area contributed by atoms with Gasteiger partial charge in [-0.1, -0.05) is 37.3 Å². The second kappa shape index (κ2) is 6.37. The van der Waals surface area contributed by atoms with Crippen LogP contribution in [0, 0.1) is 3.57 Å². The summed E-state index contributed by atoms with van der Waals surface area (Å²) in [7, 11) is 0. The molecule has 1 amide bonds. The maximum atomic E-state index is 11.4. The Morgan fingerprint density at radius 3 is 2.74 bits per heavy atom. The first-order valence-electron chi connectivity index (χ1n) is 6.57. The van der Waals surface area contributed by atoms with E-state index in [0.29, 0.717) is 6.42 Å². The first-order valence-corrected chi connectivity index (χ1v) is 7.65. The van der Waals surface area contributed by atoms with E-state index in [1.807, 2.05) is 6.92 Å². The van der Waals surface area contributed by atoms with Gasteiger partial charge in [0.2, 0.25) is 5.91 Å². The number of hydrogen-bond acceptors (Lipinski definition) is 1. The maximum absolute atomic E-state index is 11.4.